The summed E-state index contributed by atoms with van der Waals surface area (Å²) >= 11 is 0. The van der Waals surface area contributed by atoms with Gasteiger partial charge in [-0.3, -0.25) is 0 Å². The summed E-state index contributed by atoms with van der Waals surface area (Å²) in [4.78, 5) is 3.83. The molecule has 0 amide bonds. The zero-order chi connectivity index (χ0) is 18.7. The molecule has 1 atom stereocenters. The minimum Gasteiger partial charge on any atom is -0.496 e. The molecule has 2 aromatic carbocycles. The zero-order valence-electron chi connectivity index (χ0n) is 15.9. The van der Waals surface area contributed by atoms with Crippen molar-refractivity contribution in [2.45, 2.75) is 19.4 Å². The number of rotatable bonds is 7. The van der Waals surface area contributed by atoms with E-state index in [-0.39, 0.29) is 6.04 Å². The van der Waals surface area contributed by atoms with Crippen molar-refractivity contribution < 1.29 is 9.47 Å². The Morgan fingerprint density at radius 2 is 1.88 bits per heavy atom. The molecule has 0 aliphatic rings. The molecule has 3 rings (SSSR count). The number of benzene rings is 2. The number of aryl methyl sites for hydroxylation is 1. The molecule has 0 saturated carbocycles. The van der Waals surface area contributed by atoms with Gasteiger partial charge in [-0.25, -0.2) is 0 Å². The van der Waals surface area contributed by atoms with Crippen molar-refractivity contribution >= 4 is 10.8 Å². The van der Waals surface area contributed by atoms with Crippen molar-refractivity contribution in [2.24, 2.45) is 0 Å². The standard InChI is InChI=1S/C19H25N5O2/c1-13-20-22-24(21-13)17(9-10-23(2)3)16-11-14-7-6-8-18(25-4)15(14)12-19(16)26-5/h6-8,11-12,17H,9-10H2,1-5H3. The van der Waals surface area contributed by atoms with Crippen molar-refractivity contribution in [1.82, 2.24) is 25.1 Å². The fraction of sp³-hybridized carbons (Fsp3) is 0.421. The Hall–Kier alpha value is -2.67. The summed E-state index contributed by atoms with van der Waals surface area (Å²) in [6, 6.07) is 10.1. The second-order valence-electron chi connectivity index (χ2n) is 6.54. The molecule has 1 heterocycles. The van der Waals surface area contributed by atoms with E-state index >= 15 is 0 Å². The second-order valence-corrected chi connectivity index (χ2v) is 6.54. The predicted octanol–water partition coefficient (Wildman–Crippen LogP) is 2.69. The highest BCUT2D eigenvalue weighted by Crippen LogP contribution is 2.36. The van der Waals surface area contributed by atoms with Crippen LogP contribution < -0.4 is 9.47 Å². The van der Waals surface area contributed by atoms with Gasteiger partial charge in [0.15, 0.2) is 5.82 Å². The molecule has 0 aliphatic heterocycles. The first-order valence-electron chi connectivity index (χ1n) is 8.59. The molecule has 0 spiro atoms. The van der Waals surface area contributed by atoms with Crippen LogP contribution in [0.2, 0.25) is 0 Å². The quantitative estimate of drug-likeness (QED) is 0.649. The van der Waals surface area contributed by atoms with E-state index in [1.54, 1.807) is 19.0 Å². The zero-order valence-corrected chi connectivity index (χ0v) is 15.9. The van der Waals surface area contributed by atoms with Gasteiger partial charge in [-0.15, -0.1) is 10.2 Å². The molecular weight excluding hydrogens is 330 g/mol. The van der Waals surface area contributed by atoms with E-state index in [1.165, 1.54) is 0 Å². The summed E-state index contributed by atoms with van der Waals surface area (Å²) in [6.07, 6.45) is 0.842. The maximum Gasteiger partial charge on any atom is 0.171 e. The molecule has 7 nitrogen and oxygen atoms in total. The number of aromatic nitrogens is 4. The lowest BCUT2D eigenvalue weighted by molar-refractivity contribution is 0.329. The van der Waals surface area contributed by atoms with Gasteiger partial charge in [0.2, 0.25) is 0 Å². The van der Waals surface area contributed by atoms with Gasteiger partial charge in [0.1, 0.15) is 17.5 Å². The van der Waals surface area contributed by atoms with Crippen LogP contribution in [0.3, 0.4) is 0 Å². The Balaban J connectivity index is 2.14. The fourth-order valence-electron chi connectivity index (χ4n) is 3.12. The highest BCUT2D eigenvalue weighted by Gasteiger charge is 2.22. The van der Waals surface area contributed by atoms with Crippen LogP contribution in [-0.2, 0) is 0 Å². The first-order chi connectivity index (χ1) is 12.5. The Morgan fingerprint density at radius 3 is 2.50 bits per heavy atom. The summed E-state index contributed by atoms with van der Waals surface area (Å²) in [7, 11) is 7.47. The van der Waals surface area contributed by atoms with Gasteiger partial charge in [0.05, 0.1) is 14.2 Å². The molecule has 0 fully saturated rings. The normalized spacial score (nSPS) is 12.5. The summed E-state index contributed by atoms with van der Waals surface area (Å²) in [5.41, 5.74) is 1.03. The molecule has 0 bridgehead atoms. The minimum absolute atomic E-state index is 0.0656. The molecule has 1 aromatic heterocycles. The molecule has 0 N–H and O–H groups in total. The molecule has 7 heteroatoms. The number of nitrogens with zero attached hydrogens (tertiary/aromatic N) is 5. The number of tetrazole rings is 1. The molecule has 26 heavy (non-hydrogen) atoms. The lowest BCUT2D eigenvalue weighted by Crippen LogP contribution is -2.22. The van der Waals surface area contributed by atoms with Gasteiger partial charge in [-0.1, -0.05) is 12.1 Å². The third-order valence-electron chi connectivity index (χ3n) is 4.43. The minimum atomic E-state index is -0.0656. The third-order valence-corrected chi connectivity index (χ3v) is 4.43. The lowest BCUT2D eigenvalue weighted by Gasteiger charge is -2.21. The highest BCUT2D eigenvalue weighted by atomic mass is 16.5. The van der Waals surface area contributed by atoms with Gasteiger partial charge in [0.25, 0.3) is 0 Å². The number of fused-ring (bicyclic) bond motifs is 1. The van der Waals surface area contributed by atoms with Crippen LogP contribution in [0.1, 0.15) is 23.9 Å². The van der Waals surface area contributed by atoms with Gasteiger partial charge in [-0.05, 0) is 62.8 Å². The van der Waals surface area contributed by atoms with Crippen LogP contribution in [0.4, 0.5) is 0 Å². The van der Waals surface area contributed by atoms with Crippen molar-refractivity contribution in [3.05, 3.63) is 41.7 Å². The fourth-order valence-corrected chi connectivity index (χ4v) is 3.12. The maximum atomic E-state index is 5.71. The topological polar surface area (TPSA) is 65.3 Å². The Bertz CT molecular complexity index is 891. The van der Waals surface area contributed by atoms with E-state index in [1.807, 2.05) is 25.1 Å². The Kier molecular flexibility index (Phi) is 5.37. The van der Waals surface area contributed by atoms with Gasteiger partial charge in [0, 0.05) is 10.9 Å². The SMILES string of the molecule is COc1cc2c(OC)cccc2cc1C(CCN(C)C)n1nnc(C)n1. The number of hydrogen-bond donors (Lipinski definition) is 0. The molecule has 3 aromatic rings. The van der Waals surface area contributed by atoms with Gasteiger partial charge in [-0.2, -0.15) is 4.80 Å². The smallest absolute Gasteiger partial charge is 0.171 e. The van der Waals surface area contributed by atoms with Crippen LogP contribution in [-0.4, -0.2) is 60.0 Å². The van der Waals surface area contributed by atoms with Crippen molar-refractivity contribution in [3.8, 4) is 11.5 Å². The van der Waals surface area contributed by atoms with Crippen LogP contribution >= 0.6 is 0 Å². The van der Waals surface area contributed by atoms with E-state index in [2.05, 4.69) is 46.5 Å². The van der Waals surface area contributed by atoms with E-state index in [0.29, 0.717) is 5.82 Å². The first kappa shape index (κ1) is 18.1. The predicted molar refractivity (Wildman–Crippen MR) is 101 cm³/mol. The Morgan fingerprint density at radius 1 is 1.12 bits per heavy atom. The molecule has 138 valence electrons. The summed E-state index contributed by atoms with van der Waals surface area (Å²) < 4.78 is 11.2. The maximum absolute atomic E-state index is 5.71. The molecular formula is C19H25N5O2. The number of ether oxygens (including phenoxy) is 2. The first-order valence-corrected chi connectivity index (χ1v) is 8.59. The van der Waals surface area contributed by atoms with Gasteiger partial charge < -0.3 is 14.4 Å². The molecule has 0 aliphatic carbocycles. The average Bonchev–Trinajstić information content (AvgIpc) is 3.06. The van der Waals surface area contributed by atoms with Crippen molar-refractivity contribution in [2.75, 3.05) is 34.9 Å². The molecule has 0 saturated heterocycles. The van der Waals surface area contributed by atoms with Crippen LogP contribution in [0, 0.1) is 6.92 Å². The van der Waals surface area contributed by atoms with E-state index in [9.17, 15) is 0 Å². The third kappa shape index (κ3) is 3.62. The summed E-state index contributed by atoms with van der Waals surface area (Å²) in [5.74, 6) is 2.27. The Labute approximate surface area is 153 Å². The van der Waals surface area contributed by atoms with Gasteiger partial charge >= 0.3 is 0 Å². The van der Waals surface area contributed by atoms with E-state index in [0.717, 1.165) is 40.8 Å². The highest BCUT2D eigenvalue weighted by molar-refractivity contribution is 5.90. The summed E-state index contributed by atoms with van der Waals surface area (Å²) in [5, 5.41) is 14.8. The monoisotopic (exact) mass is 355 g/mol. The van der Waals surface area contributed by atoms with Crippen LogP contribution in [0.25, 0.3) is 10.8 Å². The van der Waals surface area contributed by atoms with E-state index < -0.39 is 0 Å². The molecule has 0 radical (unpaired) electrons. The lowest BCUT2D eigenvalue weighted by atomic mass is 9.98. The average molecular weight is 355 g/mol. The number of hydrogen-bond acceptors (Lipinski definition) is 6. The largest absolute Gasteiger partial charge is 0.496 e. The summed E-state index contributed by atoms with van der Waals surface area (Å²) in [6.45, 7) is 2.74. The number of methoxy groups -OCH3 is 2. The molecule has 1 unspecified atom stereocenters. The van der Waals surface area contributed by atoms with Crippen molar-refractivity contribution in [1.29, 1.82) is 0 Å². The van der Waals surface area contributed by atoms with E-state index in [4.69, 9.17) is 9.47 Å². The van der Waals surface area contributed by atoms with Crippen molar-refractivity contribution in [3.63, 3.8) is 0 Å². The second kappa shape index (κ2) is 7.70. The van der Waals surface area contributed by atoms with Crippen LogP contribution in [0.15, 0.2) is 30.3 Å². The van der Waals surface area contributed by atoms with Crippen LogP contribution in [0.5, 0.6) is 11.5 Å².